The zero-order valence-electron chi connectivity index (χ0n) is 22.6. The number of hydrogen-bond donors (Lipinski definition) is 3. The number of benzene rings is 2. The van der Waals surface area contributed by atoms with Gasteiger partial charge in [-0.25, -0.2) is 4.68 Å². The van der Waals surface area contributed by atoms with Crippen LogP contribution in [-0.4, -0.2) is 84.5 Å². The predicted molar refractivity (Wildman–Crippen MR) is 153 cm³/mol. The number of likely N-dealkylation sites (tertiary alicyclic amines) is 1. The molecule has 216 valence electrons. The number of para-hydroxylation sites is 1. The summed E-state index contributed by atoms with van der Waals surface area (Å²) < 4.78 is 8.13. The van der Waals surface area contributed by atoms with Crippen LogP contribution in [0.1, 0.15) is 25.3 Å². The van der Waals surface area contributed by atoms with E-state index in [1.165, 1.54) is 4.90 Å². The second-order valence-electron chi connectivity index (χ2n) is 11.0. The quantitative estimate of drug-likeness (QED) is 0.290. The lowest BCUT2D eigenvalue weighted by Crippen LogP contribution is -2.58. The highest BCUT2D eigenvalue weighted by atomic mass is 79.9. The summed E-state index contributed by atoms with van der Waals surface area (Å²) in [6.07, 6.45) is 0.940. The predicted octanol–water partition coefficient (Wildman–Crippen LogP) is 1.38. The van der Waals surface area contributed by atoms with Crippen LogP contribution in [0.15, 0.2) is 54.6 Å². The van der Waals surface area contributed by atoms with E-state index < -0.39 is 41.5 Å². The zero-order chi connectivity index (χ0) is 28.7. The SMILES string of the molecule is CCCNC(=O)[C@H]1[C@@H]2OC3(CC2Br)C(C(=O)NCn2nnc4ccccc42)N([C@@H](CO)Cc2ccccc2)C(=O)[C@H]13. The lowest BCUT2D eigenvalue weighted by molar-refractivity contribution is -0.145. The smallest absolute Gasteiger partial charge is 0.247 e. The molecular formula is C29H33BrN6O5. The van der Waals surface area contributed by atoms with Crippen LogP contribution in [0.3, 0.4) is 0 Å². The highest BCUT2D eigenvalue weighted by molar-refractivity contribution is 9.09. The second-order valence-corrected chi connectivity index (χ2v) is 12.2. The van der Waals surface area contributed by atoms with Crippen LogP contribution in [0.25, 0.3) is 11.0 Å². The van der Waals surface area contributed by atoms with E-state index in [-0.39, 0.29) is 29.9 Å². The third-order valence-electron chi connectivity index (χ3n) is 8.57. The molecule has 3 amide bonds. The number of nitrogens with zero attached hydrogens (tertiary/aromatic N) is 4. The number of carbonyl (C=O) groups excluding carboxylic acids is 3. The van der Waals surface area contributed by atoms with Crippen molar-refractivity contribution in [1.29, 1.82) is 0 Å². The summed E-state index contributed by atoms with van der Waals surface area (Å²) in [5.41, 5.74) is 1.15. The molecule has 3 saturated heterocycles. The minimum atomic E-state index is -1.22. The minimum absolute atomic E-state index is 0.0304. The molecule has 3 aromatic rings. The minimum Gasteiger partial charge on any atom is -0.394 e. The van der Waals surface area contributed by atoms with Crippen LogP contribution in [0.5, 0.6) is 0 Å². The van der Waals surface area contributed by atoms with E-state index in [9.17, 15) is 19.5 Å². The summed E-state index contributed by atoms with van der Waals surface area (Å²) in [5.74, 6) is -2.61. The summed E-state index contributed by atoms with van der Waals surface area (Å²) in [4.78, 5) is 43.1. The molecule has 0 saturated carbocycles. The molecule has 3 unspecified atom stereocenters. The summed E-state index contributed by atoms with van der Waals surface area (Å²) in [7, 11) is 0. The number of ether oxygens (including phenoxy) is 1. The number of amides is 3. The molecule has 12 heteroatoms. The third-order valence-corrected chi connectivity index (χ3v) is 9.41. The largest absolute Gasteiger partial charge is 0.394 e. The lowest BCUT2D eigenvalue weighted by Gasteiger charge is -2.37. The fraction of sp³-hybridized carbons (Fsp3) is 0.483. The molecule has 6 rings (SSSR count). The van der Waals surface area contributed by atoms with Crippen molar-refractivity contribution in [2.45, 2.75) is 61.5 Å². The van der Waals surface area contributed by atoms with Gasteiger partial charge in [0.25, 0.3) is 0 Å². The van der Waals surface area contributed by atoms with Gasteiger partial charge in [0.05, 0.1) is 36.1 Å². The van der Waals surface area contributed by atoms with E-state index in [0.717, 1.165) is 17.5 Å². The first-order valence-corrected chi connectivity index (χ1v) is 14.9. The Morgan fingerprint density at radius 2 is 1.90 bits per heavy atom. The molecule has 3 fully saturated rings. The number of hydrogen-bond acceptors (Lipinski definition) is 7. The summed E-state index contributed by atoms with van der Waals surface area (Å²) in [6.45, 7) is 2.12. The first kappa shape index (κ1) is 27.8. The Balaban J connectivity index is 1.35. The maximum Gasteiger partial charge on any atom is 0.247 e. The molecule has 3 N–H and O–H groups in total. The molecule has 2 aromatic carbocycles. The first-order valence-electron chi connectivity index (χ1n) is 14.0. The highest BCUT2D eigenvalue weighted by Gasteiger charge is 2.77. The molecule has 11 nitrogen and oxygen atoms in total. The van der Waals surface area contributed by atoms with Crippen LogP contribution in [-0.2, 0) is 32.2 Å². The Morgan fingerprint density at radius 1 is 1.15 bits per heavy atom. The van der Waals surface area contributed by atoms with Gasteiger partial charge >= 0.3 is 0 Å². The average molecular weight is 626 g/mol. The van der Waals surface area contributed by atoms with Crippen molar-refractivity contribution in [3.8, 4) is 0 Å². The number of aromatic nitrogens is 3. The van der Waals surface area contributed by atoms with Crippen molar-refractivity contribution in [2.75, 3.05) is 13.2 Å². The molecular weight excluding hydrogens is 592 g/mol. The van der Waals surface area contributed by atoms with E-state index in [1.54, 1.807) is 4.68 Å². The van der Waals surface area contributed by atoms with E-state index in [4.69, 9.17) is 4.74 Å². The van der Waals surface area contributed by atoms with Crippen molar-refractivity contribution < 1.29 is 24.2 Å². The lowest BCUT2D eigenvalue weighted by atomic mass is 9.70. The number of halogens is 1. The van der Waals surface area contributed by atoms with Gasteiger partial charge in [0, 0.05) is 11.4 Å². The number of aliphatic hydroxyl groups excluding tert-OH is 1. The molecule has 41 heavy (non-hydrogen) atoms. The van der Waals surface area contributed by atoms with Crippen molar-refractivity contribution in [3.63, 3.8) is 0 Å². The molecule has 1 spiro atoms. The van der Waals surface area contributed by atoms with Gasteiger partial charge in [-0.3, -0.25) is 14.4 Å². The van der Waals surface area contributed by atoms with Crippen LogP contribution in [0, 0.1) is 11.8 Å². The highest BCUT2D eigenvalue weighted by Crippen LogP contribution is 2.60. The number of nitrogens with one attached hydrogen (secondary N) is 2. The Hall–Kier alpha value is -3.35. The monoisotopic (exact) mass is 624 g/mol. The maximum absolute atomic E-state index is 14.3. The van der Waals surface area contributed by atoms with Gasteiger partial charge in [-0.05, 0) is 37.0 Å². The van der Waals surface area contributed by atoms with E-state index in [2.05, 4.69) is 36.9 Å². The molecule has 0 radical (unpaired) electrons. The Labute approximate surface area is 245 Å². The third kappa shape index (κ3) is 4.61. The van der Waals surface area contributed by atoms with Crippen molar-refractivity contribution >= 4 is 44.7 Å². The van der Waals surface area contributed by atoms with E-state index >= 15 is 0 Å². The van der Waals surface area contributed by atoms with Crippen LogP contribution in [0.4, 0.5) is 0 Å². The number of alkyl halides is 1. The first-order chi connectivity index (χ1) is 19.9. The standard InChI is InChI=1S/C29H33BrN6O5/c1-2-12-31-26(38)22-23-28(40)36(18(15-37)13-17-8-4-3-5-9-17)25(29(23)14-19(30)24(22)41-29)27(39)32-16-35-21-11-7-6-10-20(21)33-34-35/h3-11,18-19,22-25,37H,2,12-16H2,1H3,(H,31,38)(H,32,39)/t18-,19?,22-,23+,24-,25?,29?/m1/s1. The van der Waals surface area contributed by atoms with E-state index in [0.29, 0.717) is 24.9 Å². The molecule has 0 aliphatic carbocycles. The van der Waals surface area contributed by atoms with E-state index in [1.807, 2.05) is 61.5 Å². The Morgan fingerprint density at radius 3 is 2.66 bits per heavy atom. The summed E-state index contributed by atoms with van der Waals surface area (Å²) in [5, 5.41) is 24.8. The van der Waals surface area contributed by atoms with Crippen molar-refractivity contribution in [1.82, 2.24) is 30.5 Å². The average Bonchev–Trinajstić information content (AvgIpc) is 3.71. The number of carbonyl (C=O) groups is 3. The topological polar surface area (TPSA) is 139 Å². The Kier molecular flexibility index (Phi) is 7.56. The van der Waals surface area contributed by atoms with Gasteiger partial charge in [0.1, 0.15) is 23.8 Å². The fourth-order valence-electron chi connectivity index (χ4n) is 6.85. The zero-order valence-corrected chi connectivity index (χ0v) is 24.2. The second kappa shape index (κ2) is 11.1. The molecule has 3 aliphatic rings. The summed E-state index contributed by atoms with van der Waals surface area (Å²) >= 11 is 3.69. The van der Waals surface area contributed by atoms with Crippen molar-refractivity contribution in [3.05, 3.63) is 60.2 Å². The van der Waals surface area contributed by atoms with Gasteiger partial charge in [-0.1, -0.05) is 70.5 Å². The maximum atomic E-state index is 14.3. The molecule has 1 aromatic heterocycles. The molecule has 3 aliphatic heterocycles. The van der Waals surface area contributed by atoms with Crippen LogP contribution in [0.2, 0.25) is 0 Å². The molecule has 2 bridgehead atoms. The van der Waals surface area contributed by atoms with Crippen LogP contribution < -0.4 is 10.6 Å². The van der Waals surface area contributed by atoms with Crippen molar-refractivity contribution in [2.24, 2.45) is 11.8 Å². The van der Waals surface area contributed by atoms with Gasteiger partial charge in [-0.2, -0.15) is 0 Å². The van der Waals surface area contributed by atoms with Gasteiger partial charge in [0.15, 0.2) is 0 Å². The Bertz CT molecular complexity index is 1450. The number of fused-ring (bicyclic) bond motifs is 2. The molecule has 7 atom stereocenters. The number of aliphatic hydroxyl groups is 1. The van der Waals surface area contributed by atoms with Gasteiger partial charge in [0.2, 0.25) is 17.7 Å². The van der Waals surface area contributed by atoms with Gasteiger partial charge in [-0.15, -0.1) is 5.10 Å². The molecule has 4 heterocycles. The number of rotatable bonds is 10. The summed E-state index contributed by atoms with van der Waals surface area (Å²) in [6, 6.07) is 15.2. The van der Waals surface area contributed by atoms with Crippen LogP contribution >= 0.6 is 15.9 Å². The normalized spacial score (nSPS) is 29.1. The fourth-order valence-corrected chi connectivity index (χ4v) is 7.79. The van der Waals surface area contributed by atoms with Gasteiger partial charge < -0.3 is 25.4 Å².